The van der Waals surface area contributed by atoms with Crippen LogP contribution in [0.3, 0.4) is 0 Å². The number of ether oxygens (including phenoxy) is 2. The van der Waals surface area contributed by atoms with Gasteiger partial charge in [-0.3, -0.25) is 4.68 Å². The second-order valence-corrected chi connectivity index (χ2v) is 5.86. The lowest BCUT2D eigenvalue weighted by Crippen LogP contribution is -2.35. The van der Waals surface area contributed by atoms with Gasteiger partial charge in [-0.15, -0.1) is 0 Å². The average molecular weight is 367 g/mol. The number of rotatable bonds is 8. The first-order valence-electron chi connectivity index (χ1n) is 8.02. The quantitative estimate of drug-likeness (QED) is 0.750. The van der Waals surface area contributed by atoms with Crippen molar-refractivity contribution < 1.29 is 14.3 Å². The number of anilines is 1. The molecule has 0 bridgehead atoms. The molecule has 1 atom stereocenters. The van der Waals surface area contributed by atoms with E-state index in [4.69, 9.17) is 21.1 Å². The summed E-state index contributed by atoms with van der Waals surface area (Å²) in [5.41, 5.74) is 1.35. The van der Waals surface area contributed by atoms with E-state index in [2.05, 4.69) is 15.7 Å². The van der Waals surface area contributed by atoms with Gasteiger partial charge in [0.1, 0.15) is 0 Å². The number of hydrogen-bond acceptors (Lipinski definition) is 4. The molecule has 2 rings (SSSR count). The summed E-state index contributed by atoms with van der Waals surface area (Å²) in [6.07, 6.45) is 2.51. The smallest absolute Gasteiger partial charge is 0.319 e. The number of para-hydroxylation sites is 1. The van der Waals surface area contributed by atoms with Crippen LogP contribution in [0.15, 0.2) is 30.5 Å². The molecule has 2 aromatic rings. The topological polar surface area (TPSA) is 77.4 Å². The van der Waals surface area contributed by atoms with E-state index in [-0.39, 0.29) is 12.1 Å². The third-order valence-electron chi connectivity index (χ3n) is 3.52. The van der Waals surface area contributed by atoms with Crippen LogP contribution in [-0.2, 0) is 11.8 Å². The number of benzene rings is 1. The van der Waals surface area contributed by atoms with Gasteiger partial charge in [-0.05, 0) is 24.6 Å². The van der Waals surface area contributed by atoms with Gasteiger partial charge in [0.05, 0.1) is 35.7 Å². The zero-order chi connectivity index (χ0) is 18.2. The van der Waals surface area contributed by atoms with Gasteiger partial charge in [-0.1, -0.05) is 24.6 Å². The molecule has 2 amide bonds. The molecular formula is C17H23ClN4O3. The van der Waals surface area contributed by atoms with Crippen molar-refractivity contribution >= 4 is 23.3 Å². The van der Waals surface area contributed by atoms with Crippen molar-refractivity contribution in [2.45, 2.75) is 19.4 Å². The molecule has 0 aliphatic carbocycles. The predicted octanol–water partition coefficient (Wildman–Crippen LogP) is 3.37. The van der Waals surface area contributed by atoms with Gasteiger partial charge in [-0.2, -0.15) is 5.10 Å². The molecule has 0 saturated carbocycles. The maximum atomic E-state index is 12.4. The molecule has 1 heterocycles. The molecule has 0 unspecified atom stereocenters. The number of urea groups is 1. The molecule has 0 aliphatic rings. The van der Waals surface area contributed by atoms with Crippen LogP contribution in [0.4, 0.5) is 10.5 Å². The molecule has 25 heavy (non-hydrogen) atoms. The Kier molecular flexibility index (Phi) is 7.09. The van der Waals surface area contributed by atoms with Crippen molar-refractivity contribution in [2.24, 2.45) is 7.05 Å². The normalized spacial score (nSPS) is 11.8. The van der Waals surface area contributed by atoms with Crippen molar-refractivity contribution in [3.8, 4) is 5.75 Å². The van der Waals surface area contributed by atoms with Crippen LogP contribution in [0.1, 0.15) is 25.1 Å². The number of aryl methyl sites for hydroxylation is 1. The van der Waals surface area contributed by atoms with Crippen LogP contribution in [0, 0.1) is 0 Å². The highest BCUT2D eigenvalue weighted by Gasteiger charge is 2.19. The maximum absolute atomic E-state index is 12.4. The summed E-state index contributed by atoms with van der Waals surface area (Å²) in [6, 6.07) is 6.33. The SMILES string of the molecule is CCCOc1c(Cl)cccc1NC(=O)N[C@@H](COC)c1ccnn1C. The average Bonchev–Trinajstić information content (AvgIpc) is 3.00. The molecule has 1 aromatic carbocycles. The Morgan fingerprint density at radius 3 is 2.84 bits per heavy atom. The number of methoxy groups -OCH3 is 1. The maximum Gasteiger partial charge on any atom is 0.319 e. The van der Waals surface area contributed by atoms with Crippen molar-refractivity contribution in [1.82, 2.24) is 15.1 Å². The third kappa shape index (κ3) is 5.11. The summed E-state index contributed by atoms with van der Waals surface area (Å²) < 4.78 is 12.5. The molecule has 0 fully saturated rings. The van der Waals surface area contributed by atoms with E-state index in [1.54, 1.807) is 36.2 Å². The Balaban J connectivity index is 2.11. The molecule has 1 aromatic heterocycles. The Labute approximate surface area is 152 Å². The fraction of sp³-hybridized carbons (Fsp3) is 0.412. The minimum atomic E-state index is -0.383. The molecule has 0 aliphatic heterocycles. The Morgan fingerprint density at radius 2 is 2.20 bits per heavy atom. The summed E-state index contributed by atoms with van der Waals surface area (Å²) in [6.45, 7) is 2.84. The number of carbonyl (C=O) groups excluding carboxylic acids is 1. The first-order valence-corrected chi connectivity index (χ1v) is 8.40. The number of nitrogens with one attached hydrogen (secondary N) is 2. The van der Waals surface area contributed by atoms with Gasteiger partial charge in [-0.25, -0.2) is 4.79 Å². The summed E-state index contributed by atoms with van der Waals surface area (Å²) >= 11 is 6.18. The third-order valence-corrected chi connectivity index (χ3v) is 3.82. The van der Waals surface area contributed by atoms with Crippen LogP contribution < -0.4 is 15.4 Å². The molecule has 0 spiro atoms. The standard InChI is InChI=1S/C17H23ClN4O3/c1-4-10-25-16-12(18)6-5-7-13(16)20-17(23)21-14(11-24-3)15-8-9-19-22(15)2/h5-9,14H,4,10-11H2,1-3H3,(H2,20,21,23)/t14-/m0/s1. The molecule has 0 saturated heterocycles. The van der Waals surface area contributed by atoms with Gasteiger partial charge in [0.15, 0.2) is 5.75 Å². The lowest BCUT2D eigenvalue weighted by Gasteiger charge is -2.19. The summed E-state index contributed by atoms with van der Waals surface area (Å²) in [4.78, 5) is 12.4. The van der Waals surface area contributed by atoms with Crippen molar-refractivity contribution in [1.29, 1.82) is 0 Å². The van der Waals surface area contributed by atoms with Crippen LogP contribution in [0.2, 0.25) is 5.02 Å². The predicted molar refractivity (Wildman–Crippen MR) is 97.2 cm³/mol. The highest BCUT2D eigenvalue weighted by Crippen LogP contribution is 2.33. The van der Waals surface area contributed by atoms with Crippen LogP contribution >= 0.6 is 11.6 Å². The number of hydrogen-bond donors (Lipinski definition) is 2. The first-order chi connectivity index (χ1) is 12.1. The number of amides is 2. The van der Waals surface area contributed by atoms with Crippen LogP contribution in [-0.4, -0.2) is 36.1 Å². The van der Waals surface area contributed by atoms with E-state index in [1.165, 1.54) is 0 Å². The molecular weight excluding hydrogens is 344 g/mol. The molecule has 7 nitrogen and oxygen atoms in total. The Hall–Kier alpha value is -2.25. The number of aromatic nitrogens is 2. The van der Waals surface area contributed by atoms with E-state index in [0.717, 1.165) is 12.1 Å². The zero-order valence-electron chi connectivity index (χ0n) is 14.6. The largest absolute Gasteiger partial charge is 0.490 e. The fourth-order valence-electron chi connectivity index (χ4n) is 2.37. The van der Waals surface area contributed by atoms with E-state index in [0.29, 0.717) is 29.7 Å². The summed E-state index contributed by atoms with van der Waals surface area (Å²) in [5.74, 6) is 0.463. The molecule has 2 N–H and O–H groups in total. The molecule has 136 valence electrons. The number of nitrogens with zero attached hydrogens (tertiary/aromatic N) is 2. The van der Waals surface area contributed by atoms with Crippen molar-refractivity contribution in [3.63, 3.8) is 0 Å². The van der Waals surface area contributed by atoms with Gasteiger partial charge in [0.25, 0.3) is 0 Å². The fourth-order valence-corrected chi connectivity index (χ4v) is 2.60. The van der Waals surface area contributed by atoms with E-state index < -0.39 is 0 Å². The van der Waals surface area contributed by atoms with Gasteiger partial charge in [0.2, 0.25) is 0 Å². The number of carbonyl (C=O) groups is 1. The highest BCUT2D eigenvalue weighted by atomic mass is 35.5. The monoisotopic (exact) mass is 366 g/mol. The minimum absolute atomic E-state index is 0.321. The molecule has 0 radical (unpaired) electrons. The highest BCUT2D eigenvalue weighted by molar-refractivity contribution is 6.32. The minimum Gasteiger partial charge on any atom is -0.490 e. The summed E-state index contributed by atoms with van der Waals surface area (Å²) in [5, 5.41) is 10.2. The van der Waals surface area contributed by atoms with E-state index >= 15 is 0 Å². The summed E-state index contributed by atoms with van der Waals surface area (Å²) in [7, 11) is 3.39. The van der Waals surface area contributed by atoms with Crippen LogP contribution in [0.5, 0.6) is 5.75 Å². The second kappa shape index (κ2) is 9.29. The number of halogens is 1. The van der Waals surface area contributed by atoms with E-state index in [1.807, 2.05) is 20.0 Å². The van der Waals surface area contributed by atoms with Crippen LogP contribution in [0.25, 0.3) is 0 Å². The van der Waals surface area contributed by atoms with Gasteiger partial charge >= 0.3 is 6.03 Å². The Morgan fingerprint density at radius 1 is 1.40 bits per heavy atom. The first kappa shape index (κ1) is 19.1. The van der Waals surface area contributed by atoms with Crippen molar-refractivity contribution in [2.75, 3.05) is 25.6 Å². The van der Waals surface area contributed by atoms with Gasteiger partial charge < -0.3 is 20.1 Å². The second-order valence-electron chi connectivity index (χ2n) is 5.45. The Bertz CT molecular complexity index is 705. The molecule has 8 heteroatoms. The zero-order valence-corrected chi connectivity index (χ0v) is 15.3. The lowest BCUT2D eigenvalue weighted by atomic mass is 10.2. The van der Waals surface area contributed by atoms with Gasteiger partial charge in [0, 0.05) is 20.4 Å². The van der Waals surface area contributed by atoms with E-state index in [9.17, 15) is 4.79 Å². The van der Waals surface area contributed by atoms with Crippen molar-refractivity contribution in [3.05, 3.63) is 41.2 Å². The lowest BCUT2D eigenvalue weighted by molar-refractivity contribution is 0.165.